The molecule has 1 aliphatic heterocycles. The molecule has 2 aromatic heterocycles. The van der Waals surface area contributed by atoms with Crippen molar-refractivity contribution in [2.24, 2.45) is 0 Å². The Kier molecular flexibility index (Phi) is 5.27. The lowest BCUT2D eigenvalue weighted by Gasteiger charge is -2.34. The quantitative estimate of drug-likeness (QED) is 0.678. The molecule has 0 radical (unpaired) electrons. The lowest BCUT2D eigenvalue weighted by atomic mass is 10.1. The molecule has 1 saturated heterocycles. The Morgan fingerprint density at radius 3 is 2.85 bits per heavy atom. The fourth-order valence-corrected chi connectivity index (χ4v) is 4.66. The summed E-state index contributed by atoms with van der Waals surface area (Å²) in [6.07, 6.45) is 3.67. The molecule has 0 saturated carbocycles. The molecule has 1 fully saturated rings. The van der Waals surface area contributed by atoms with Crippen LogP contribution in [0.3, 0.4) is 0 Å². The summed E-state index contributed by atoms with van der Waals surface area (Å²) in [6, 6.07) is 8.68. The van der Waals surface area contributed by atoms with Crippen molar-refractivity contribution in [1.82, 2.24) is 10.2 Å². The van der Waals surface area contributed by atoms with Gasteiger partial charge in [0.2, 0.25) is 0 Å². The van der Waals surface area contributed by atoms with Crippen molar-refractivity contribution in [3.8, 4) is 0 Å². The van der Waals surface area contributed by atoms with Crippen LogP contribution in [0.25, 0.3) is 11.0 Å². The third-order valence-electron chi connectivity index (χ3n) is 5.26. The number of rotatable bonds is 5. The average Bonchev–Trinajstić information content (AvgIpc) is 3.32. The summed E-state index contributed by atoms with van der Waals surface area (Å²) in [5.74, 6) is -0.317. The Bertz CT molecular complexity index is 929. The first kappa shape index (κ1) is 18.2. The van der Waals surface area contributed by atoms with Crippen LogP contribution in [0.4, 0.5) is 4.39 Å². The Hall–Kier alpha value is -2.18. The number of benzene rings is 1. The van der Waals surface area contributed by atoms with Crippen molar-refractivity contribution in [3.05, 3.63) is 57.7 Å². The zero-order chi connectivity index (χ0) is 18.8. The number of halogens is 1. The summed E-state index contributed by atoms with van der Waals surface area (Å²) >= 11 is 1.72. The van der Waals surface area contributed by atoms with Crippen molar-refractivity contribution in [3.63, 3.8) is 0 Å². The highest BCUT2D eigenvalue weighted by atomic mass is 32.1. The number of furan rings is 1. The Morgan fingerprint density at radius 1 is 1.30 bits per heavy atom. The molecular formula is C21H23FN2O2S. The fraction of sp³-hybridized carbons (Fsp3) is 0.381. The van der Waals surface area contributed by atoms with Crippen LogP contribution >= 0.6 is 11.3 Å². The lowest BCUT2D eigenvalue weighted by molar-refractivity contribution is 0.0899. The van der Waals surface area contributed by atoms with Gasteiger partial charge in [-0.1, -0.05) is 12.5 Å². The minimum absolute atomic E-state index is 0.177. The van der Waals surface area contributed by atoms with Gasteiger partial charge in [-0.15, -0.1) is 11.3 Å². The normalized spacial score (nSPS) is 16.5. The van der Waals surface area contributed by atoms with E-state index in [0.717, 1.165) is 13.1 Å². The van der Waals surface area contributed by atoms with Crippen LogP contribution in [-0.4, -0.2) is 30.4 Å². The number of carbonyl (C=O) groups excluding carboxylic acids is 1. The molecule has 1 N–H and O–H groups in total. The van der Waals surface area contributed by atoms with E-state index in [9.17, 15) is 9.18 Å². The van der Waals surface area contributed by atoms with Crippen molar-refractivity contribution in [2.45, 2.75) is 32.2 Å². The van der Waals surface area contributed by atoms with Gasteiger partial charge in [0.05, 0.1) is 6.04 Å². The van der Waals surface area contributed by atoms with Gasteiger partial charge in [-0.2, -0.15) is 0 Å². The third kappa shape index (κ3) is 3.77. The molecule has 0 aliphatic carbocycles. The van der Waals surface area contributed by atoms with Gasteiger partial charge in [0, 0.05) is 22.4 Å². The van der Waals surface area contributed by atoms with Gasteiger partial charge in [-0.3, -0.25) is 9.69 Å². The highest BCUT2D eigenvalue weighted by Gasteiger charge is 2.25. The maximum absolute atomic E-state index is 13.5. The van der Waals surface area contributed by atoms with E-state index in [1.165, 1.54) is 36.3 Å². The van der Waals surface area contributed by atoms with E-state index in [2.05, 4.69) is 27.7 Å². The smallest absolute Gasteiger partial charge is 0.287 e. The van der Waals surface area contributed by atoms with Crippen LogP contribution in [0.1, 0.15) is 46.3 Å². The second kappa shape index (κ2) is 7.82. The number of nitrogens with zero attached hydrogens (tertiary/aromatic N) is 1. The standard InChI is InChI=1S/C21H23FN2O2S/c1-14-16-12-15(22)7-8-18(16)26-20(14)21(25)23-13-17(19-6-5-11-27-19)24-9-3-2-4-10-24/h5-8,11-12,17H,2-4,9-10,13H2,1H3,(H,23,25)/t17-/m1/s1. The minimum atomic E-state index is -0.332. The van der Waals surface area contributed by atoms with Crippen molar-refractivity contribution < 1.29 is 13.6 Å². The van der Waals surface area contributed by atoms with E-state index in [-0.39, 0.29) is 23.5 Å². The van der Waals surface area contributed by atoms with Crippen molar-refractivity contribution in [1.29, 1.82) is 0 Å². The summed E-state index contributed by atoms with van der Waals surface area (Å²) in [5, 5.41) is 5.76. The van der Waals surface area contributed by atoms with Crippen molar-refractivity contribution >= 4 is 28.2 Å². The molecule has 4 nitrogen and oxygen atoms in total. The molecule has 6 heteroatoms. The van der Waals surface area contributed by atoms with Gasteiger partial charge in [-0.25, -0.2) is 4.39 Å². The van der Waals surface area contributed by atoms with Gasteiger partial charge < -0.3 is 9.73 Å². The van der Waals surface area contributed by atoms with Crippen LogP contribution in [0.5, 0.6) is 0 Å². The number of piperidine rings is 1. The predicted octanol–water partition coefficient (Wildman–Crippen LogP) is 4.90. The predicted molar refractivity (Wildman–Crippen MR) is 106 cm³/mol. The number of likely N-dealkylation sites (tertiary alicyclic amines) is 1. The van der Waals surface area contributed by atoms with Gasteiger partial charge in [0.15, 0.2) is 5.76 Å². The van der Waals surface area contributed by atoms with E-state index >= 15 is 0 Å². The number of hydrogen-bond donors (Lipinski definition) is 1. The summed E-state index contributed by atoms with van der Waals surface area (Å²) in [7, 11) is 0. The van der Waals surface area contributed by atoms with Gasteiger partial charge in [0.25, 0.3) is 5.91 Å². The Morgan fingerprint density at radius 2 is 2.11 bits per heavy atom. The number of hydrogen-bond acceptors (Lipinski definition) is 4. The summed E-state index contributed by atoms with van der Waals surface area (Å²) in [4.78, 5) is 16.5. The molecule has 1 aromatic carbocycles. The maximum atomic E-state index is 13.5. The maximum Gasteiger partial charge on any atom is 0.287 e. The average molecular weight is 386 g/mol. The second-order valence-corrected chi connectivity index (χ2v) is 8.01. The molecule has 0 unspecified atom stereocenters. The molecule has 3 heterocycles. The Balaban J connectivity index is 1.52. The number of aryl methyl sites for hydroxylation is 1. The van der Waals surface area contributed by atoms with E-state index in [0.29, 0.717) is 23.1 Å². The van der Waals surface area contributed by atoms with E-state index in [1.807, 2.05) is 0 Å². The number of thiophene rings is 1. The second-order valence-electron chi connectivity index (χ2n) is 7.03. The van der Waals surface area contributed by atoms with Crippen LogP contribution in [-0.2, 0) is 0 Å². The van der Waals surface area contributed by atoms with Crippen molar-refractivity contribution in [2.75, 3.05) is 19.6 Å². The minimum Gasteiger partial charge on any atom is -0.451 e. The van der Waals surface area contributed by atoms with Gasteiger partial charge >= 0.3 is 0 Å². The Labute approximate surface area is 162 Å². The van der Waals surface area contributed by atoms with Crippen LogP contribution in [0.2, 0.25) is 0 Å². The molecule has 1 atom stereocenters. The van der Waals surface area contributed by atoms with E-state index in [1.54, 1.807) is 24.3 Å². The highest BCUT2D eigenvalue weighted by molar-refractivity contribution is 7.10. The topological polar surface area (TPSA) is 45.5 Å². The first-order valence-electron chi connectivity index (χ1n) is 9.38. The largest absolute Gasteiger partial charge is 0.451 e. The summed E-state index contributed by atoms with van der Waals surface area (Å²) in [6.45, 7) is 4.44. The first-order valence-corrected chi connectivity index (χ1v) is 10.3. The molecule has 27 heavy (non-hydrogen) atoms. The number of carbonyl (C=O) groups is 1. The molecule has 3 aromatic rings. The van der Waals surface area contributed by atoms with Crippen LogP contribution in [0, 0.1) is 12.7 Å². The molecule has 0 spiro atoms. The van der Waals surface area contributed by atoms with Gasteiger partial charge in [0.1, 0.15) is 11.4 Å². The number of fused-ring (bicyclic) bond motifs is 1. The molecular weight excluding hydrogens is 363 g/mol. The SMILES string of the molecule is Cc1c(C(=O)NC[C@H](c2cccs2)N2CCCCC2)oc2ccc(F)cc12. The third-order valence-corrected chi connectivity index (χ3v) is 6.24. The zero-order valence-electron chi connectivity index (χ0n) is 15.3. The molecule has 4 rings (SSSR count). The van der Waals surface area contributed by atoms with E-state index in [4.69, 9.17) is 4.42 Å². The number of nitrogens with one attached hydrogen (secondary N) is 1. The molecule has 1 amide bonds. The van der Waals surface area contributed by atoms with Crippen LogP contribution in [0.15, 0.2) is 40.1 Å². The fourth-order valence-electron chi connectivity index (χ4n) is 3.80. The summed E-state index contributed by atoms with van der Waals surface area (Å²) in [5.41, 5.74) is 1.21. The zero-order valence-corrected chi connectivity index (χ0v) is 16.2. The van der Waals surface area contributed by atoms with Gasteiger partial charge in [-0.05, 0) is 62.5 Å². The first-order chi connectivity index (χ1) is 13.1. The van der Waals surface area contributed by atoms with E-state index < -0.39 is 0 Å². The monoisotopic (exact) mass is 386 g/mol. The van der Waals surface area contributed by atoms with Crippen LogP contribution < -0.4 is 5.32 Å². The summed E-state index contributed by atoms with van der Waals surface area (Å²) < 4.78 is 19.2. The molecule has 142 valence electrons. The lowest BCUT2D eigenvalue weighted by Crippen LogP contribution is -2.40. The highest BCUT2D eigenvalue weighted by Crippen LogP contribution is 2.29. The molecule has 0 bridgehead atoms. The number of amides is 1. The molecule has 1 aliphatic rings.